The fourth-order valence-electron chi connectivity index (χ4n) is 1.58. The number of carbonyl (C=O) groups excluding carboxylic acids is 1. The lowest BCUT2D eigenvalue weighted by Gasteiger charge is -2.18. The lowest BCUT2D eigenvalue weighted by Crippen LogP contribution is -2.27. The van der Waals surface area contributed by atoms with Crippen molar-refractivity contribution in [3.63, 3.8) is 0 Å². The van der Waals surface area contributed by atoms with Gasteiger partial charge in [0, 0.05) is 11.5 Å². The van der Waals surface area contributed by atoms with Gasteiger partial charge in [-0.2, -0.15) is 0 Å². The molecule has 1 heterocycles. The van der Waals surface area contributed by atoms with Gasteiger partial charge in [0.15, 0.2) is 0 Å². The Labute approximate surface area is 109 Å². The van der Waals surface area contributed by atoms with Crippen molar-refractivity contribution in [2.45, 2.75) is 26.4 Å². The third kappa shape index (κ3) is 2.93. The number of benzene rings is 1. The van der Waals surface area contributed by atoms with Crippen LogP contribution in [0.1, 0.15) is 31.1 Å². The van der Waals surface area contributed by atoms with E-state index in [4.69, 9.17) is 9.15 Å². The molecule has 1 aromatic carbocycles. The van der Waals surface area contributed by atoms with Gasteiger partial charge in [0.1, 0.15) is 22.5 Å². The Bertz CT molecular complexity index is 691. The van der Waals surface area contributed by atoms with E-state index in [0.29, 0.717) is 5.39 Å². The maximum absolute atomic E-state index is 11.9. The van der Waals surface area contributed by atoms with Crippen molar-refractivity contribution in [3.8, 4) is 5.75 Å². The predicted octanol–water partition coefficient (Wildman–Crippen LogP) is 2.45. The minimum absolute atomic E-state index is 0.0133. The average Bonchev–Trinajstić information content (AvgIpc) is 2.25. The van der Waals surface area contributed by atoms with E-state index >= 15 is 0 Å². The Morgan fingerprint density at radius 2 is 1.95 bits per heavy atom. The summed E-state index contributed by atoms with van der Waals surface area (Å²) in [6.45, 7) is 5.14. The predicted molar refractivity (Wildman–Crippen MR) is 69.3 cm³/mol. The zero-order valence-corrected chi connectivity index (χ0v) is 10.9. The zero-order valence-electron chi connectivity index (χ0n) is 10.9. The Morgan fingerprint density at radius 1 is 1.26 bits per heavy atom. The number of phenols is 1. The third-order valence-electron chi connectivity index (χ3n) is 2.34. The van der Waals surface area contributed by atoms with E-state index in [1.807, 2.05) is 0 Å². The molecule has 0 fully saturated rings. The van der Waals surface area contributed by atoms with Crippen molar-refractivity contribution >= 4 is 16.9 Å². The molecule has 0 saturated heterocycles. The summed E-state index contributed by atoms with van der Waals surface area (Å²) in [7, 11) is 0. The largest absolute Gasteiger partial charge is 0.508 e. The van der Waals surface area contributed by atoms with E-state index < -0.39 is 17.2 Å². The summed E-state index contributed by atoms with van der Waals surface area (Å²) in [5.41, 5.74) is -1.41. The Balaban J connectivity index is 2.50. The van der Waals surface area contributed by atoms with Crippen molar-refractivity contribution in [1.29, 1.82) is 0 Å². The summed E-state index contributed by atoms with van der Waals surface area (Å²) in [6.07, 6.45) is 0. The molecule has 1 aromatic heterocycles. The number of rotatable bonds is 1. The van der Waals surface area contributed by atoms with Crippen LogP contribution in [-0.2, 0) is 4.74 Å². The van der Waals surface area contributed by atoms with Crippen LogP contribution in [0.15, 0.2) is 33.5 Å². The van der Waals surface area contributed by atoms with Gasteiger partial charge in [-0.25, -0.2) is 9.59 Å². The molecule has 0 radical (unpaired) electrons. The molecule has 2 rings (SSSR count). The fourth-order valence-corrected chi connectivity index (χ4v) is 1.58. The van der Waals surface area contributed by atoms with Gasteiger partial charge in [0.2, 0.25) is 0 Å². The molecule has 100 valence electrons. The van der Waals surface area contributed by atoms with E-state index in [0.717, 1.165) is 0 Å². The number of phenolic OH excluding ortho intramolecular Hbond substituents is 1. The van der Waals surface area contributed by atoms with Gasteiger partial charge in [-0.05, 0) is 39.0 Å². The van der Waals surface area contributed by atoms with Crippen molar-refractivity contribution in [2.75, 3.05) is 0 Å². The van der Waals surface area contributed by atoms with Gasteiger partial charge in [0.05, 0.1) is 0 Å². The molecule has 0 aliphatic carbocycles. The number of aromatic hydroxyl groups is 1. The summed E-state index contributed by atoms with van der Waals surface area (Å²) in [6, 6.07) is 5.72. The molecule has 5 heteroatoms. The van der Waals surface area contributed by atoms with Crippen LogP contribution in [0.4, 0.5) is 0 Å². The number of esters is 1. The molecule has 0 spiro atoms. The highest BCUT2D eigenvalue weighted by Crippen LogP contribution is 2.20. The highest BCUT2D eigenvalue weighted by molar-refractivity contribution is 5.93. The second-order valence-electron chi connectivity index (χ2n) is 5.17. The first-order chi connectivity index (χ1) is 8.76. The number of carbonyl (C=O) groups is 1. The lowest BCUT2D eigenvalue weighted by molar-refractivity contribution is 0.00654. The van der Waals surface area contributed by atoms with Crippen LogP contribution in [0, 0.1) is 0 Å². The summed E-state index contributed by atoms with van der Waals surface area (Å²) in [4.78, 5) is 23.6. The molecule has 0 saturated carbocycles. The van der Waals surface area contributed by atoms with Crippen LogP contribution in [0.25, 0.3) is 11.0 Å². The molecule has 0 aliphatic heterocycles. The quantitative estimate of drug-likeness (QED) is 0.631. The van der Waals surface area contributed by atoms with Crippen molar-refractivity contribution in [1.82, 2.24) is 0 Å². The molecular weight excluding hydrogens is 248 g/mol. The molecule has 0 atom stereocenters. The van der Waals surface area contributed by atoms with Crippen molar-refractivity contribution in [3.05, 3.63) is 40.2 Å². The van der Waals surface area contributed by atoms with Gasteiger partial charge in [-0.3, -0.25) is 0 Å². The van der Waals surface area contributed by atoms with E-state index in [1.165, 1.54) is 18.2 Å². The lowest BCUT2D eigenvalue weighted by atomic mass is 10.1. The molecule has 19 heavy (non-hydrogen) atoms. The number of hydrogen-bond donors (Lipinski definition) is 1. The van der Waals surface area contributed by atoms with Crippen LogP contribution >= 0.6 is 0 Å². The van der Waals surface area contributed by atoms with E-state index in [1.54, 1.807) is 26.8 Å². The molecular formula is C14H14O5. The van der Waals surface area contributed by atoms with Gasteiger partial charge in [0.25, 0.3) is 0 Å². The first kappa shape index (κ1) is 13.1. The smallest absolute Gasteiger partial charge is 0.351 e. The first-order valence-corrected chi connectivity index (χ1v) is 5.76. The summed E-state index contributed by atoms with van der Waals surface area (Å²) in [5.74, 6) is -0.739. The SMILES string of the molecule is CC(C)(C)OC(=O)c1cc2ccc(O)cc2oc1=O. The monoisotopic (exact) mass is 262 g/mol. The second kappa shape index (κ2) is 4.42. The van der Waals surface area contributed by atoms with E-state index in [-0.39, 0.29) is 16.9 Å². The maximum atomic E-state index is 11.9. The van der Waals surface area contributed by atoms with Crippen molar-refractivity contribution < 1.29 is 19.1 Å². The Kier molecular flexibility index (Phi) is 3.06. The number of hydrogen-bond acceptors (Lipinski definition) is 5. The van der Waals surface area contributed by atoms with Gasteiger partial charge in [-0.15, -0.1) is 0 Å². The minimum atomic E-state index is -0.785. The average molecular weight is 262 g/mol. The van der Waals surface area contributed by atoms with Gasteiger partial charge < -0.3 is 14.3 Å². The van der Waals surface area contributed by atoms with E-state index in [2.05, 4.69) is 0 Å². The van der Waals surface area contributed by atoms with Crippen molar-refractivity contribution in [2.24, 2.45) is 0 Å². The summed E-state index contributed by atoms with van der Waals surface area (Å²) in [5, 5.41) is 9.84. The molecule has 0 aliphatic rings. The van der Waals surface area contributed by atoms with Crippen LogP contribution in [-0.4, -0.2) is 16.7 Å². The minimum Gasteiger partial charge on any atom is -0.508 e. The highest BCUT2D eigenvalue weighted by Gasteiger charge is 2.21. The standard InChI is InChI=1S/C14H14O5/c1-14(2,3)19-13(17)10-6-8-4-5-9(15)7-11(8)18-12(10)16/h4-7,15H,1-3H3. The Hall–Kier alpha value is -2.30. The summed E-state index contributed by atoms with van der Waals surface area (Å²) < 4.78 is 10.1. The topological polar surface area (TPSA) is 76.7 Å². The molecule has 5 nitrogen and oxygen atoms in total. The normalized spacial score (nSPS) is 11.5. The highest BCUT2D eigenvalue weighted by atomic mass is 16.6. The molecule has 0 unspecified atom stereocenters. The Morgan fingerprint density at radius 3 is 2.58 bits per heavy atom. The maximum Gasteiger partial charge on any atom is 0.351 e. The zero-order chi connectivity index (χ0) is 14.2. The molecule has 2 aromatic rings. The van der Waals surface area contributed by atoms with Crippen LogP contribution in [0.5, 0.6) is 5.75 Å². The first-order valence-electron chi connectivity index (χ1n) is 5.76. The van der Waals surface area contributed by atoms with E-state index in [9.17, 15) is 14.7 Å². The fraction of sp³-hybridized carbons (Fsp3) is 0.286. The van der Waals surface area contributed by atoms with Gasteiger partial charge >= 0.3 is 11.6 Å². The molecule has 0 bridgehead atoms. The van der Waals surface area contributed by atoms with Gasteiger partial charge in [-0.1, -0.05) is 0 Å². The number of fused-ring (bicyclic) bond motifs is 1. The number of ether oxygens (including phenoxy) is 1. The van der Waals surface area contributed by atoms with Crippen LogP contribution < -0.4 is 5.63 Å². The molecule has 1 N–H and O–H groups in total. The van der Waals surface area contributed by atoms with Crippen LogP contribution in [0.3, 0.4) is 0 Å². The van der Waals surface area contributed by atoms with Crippen LogP contribution in [0.2, 0.25) is 0 Å². The third-order valence-corrected chi connectivity index (χ3v) is 2.34. The second-order valence-corrected chi connectivity index (χ2v) is 5.17. The summed E-state index contributed by atoms with van der Waals surface area (Å²) >= 11 is 0. The molecule has 0 amide bonds.